The number of carbonyl (C=O) groups excluding carboxylic acids is 4. The zero-order valence-electron chi connectivity index (χ0n) is 57.6. The van der Waals surface area contributed by atoms with Crippen molar-refractivity contribution in [2.45, 2.75) is 380 Å². The monoisotopic (exact) mass is 1310 g/mol. The van der Waals surface area contributed by atoms with Crippen LogP contribution in [0.5, 0.6) is 0 Å². The van der Waals surface area contributed by atoms with Crippen LogP contribution in [0, 0.1) is 5.92 Å². The molecule has 0 saturated heterocycles. The molecule has 0 rings (SSSR count). The number of unbranched alkanes of at least 4 members (excludes halogenated alkanes) is 42. The van der Waals surface area contributed by atoms with Gasteiger partial charge in [-0.1, -0.05) is 311 Å². The van der Waals surface area contributed by atoms with Gasteiger partial charge in [0.1, 0.15) is 19.3 Å². The van der Waals surface area contributed by atoms with E-state index >= 15 is 0 Å². The van der Waals surface area contributed by atoms with E-state index in [1.807, 2.05) is 0 Å². The van der Waals surface area contributed by atoms with Gasteiger partial charge < -0.3 is 33.8 Å². The molecule has 2 unspecified atom stereocenters. The molecular weight excluding hydrogens is 1170 g/mol. The summed E-state index contributed by atoms with van der Waals surface area (Å²) in [4.78, 5) is 72.2. The Labute approximate surface area is 543 Å². The van der Waals surface area contributed by atoms with Crippen molar-refractivity contribution >= 4 is 39.5 Å². The van der Waals surface area contributed by atoms with Gasteiger partial charge in [0.15, 0.2) is 12.2 Å². The van der Waals surface area contributed by atoms with Gasteiger partial charge in [0.25, 0.3) is 0 Å². The largest absolute Gasteiger partial charge is 0.472 e. The fourth-order valence-corrected chi connectivity index (χ4v) is 12.2. The standard InChI is InChI=1S/C70H136O17P2/c1-6-9-12-15-17-19-21-23-25-26-27-28-29-31-33-35-40-45-50-55-69(74)87-66(60-81-68(73)54-49-44-39-34-32-30-24-22-20-18-16-13-10-7-2)62-85-89(78,79)83-58-64(71)57-82-88(76,77)84-61-65(59-80-67(72)53-48-42-14-11-8-3)86-70(75)56-51-46-41-37-36-38-43-47-52-63(4)5/h63-66,71H,6-62H2,1-5H3,(H,76,77)(H,78,79)/t64-,65+,66+/m0/s1. The minimum atomic E-state index is -4.95. The Morgan fingerprint density at radius 2 is 0.517 bits per heavy atom. The fourth-order valence-electron chi connectivity index (χ4n) is 10.6. The first-order chi connectivity index (χ1) is 43.0. The number of ether oxygens (including phenoxy) is 4. The van der Waals surface area contributed by atoms with Crippen LogP contribution in [0.1, 0.15) is 362 Å². The predicted octanol–water partition coefficient (Wildman–Crippen LogP) is 20.1. The smallest absolute Gasteiger partial charge is 0.462 e. The zero-order valence-corrected chi connectivity index (χ0v) is 59.4. The molecule has 0 aliphatic carbocycles. The number of aliphatic hydroxyl groups excluding tert-OH is 1. The van der Waals surface area contributed by atoms with E-state index in [0.717, 1.165) is 102 Å². The Morgan fingerprint density at radius 1 is 0.303 bits per heavy atom. The van der Waals surface area contributed by atoms with E-state index in [2.05, 4.69) is 34.6 Å². The molecule has 3 N–H and O–H groups in total. The van der Waals surface area contributed by atoms with Gasteiger partial charge in [-0.05, 0) is 31.6 Å². The number of aliphatic hydroxyl groups is 1. The summed E-state index contributed by atoms with van der Waals surface area (Å²) in [6, 6.07) is 0. The van der Waals surface area contributed by atoms with Gasteiger partial charge in [0, 0.05) is 25.7 Å². The minimum Gasteiger partial charge on any atom is -0.462 e. The number of phosphoric ester groups is 2. The van der Waals surface area contributed by atoms with Gasteiger partial charge in [0.05, 0.1) is 26.4 Å². The lowest BCUT2D eigenvalue weighted by Gasteiger charge is -2.21. The molecular formula is C70H136O17P2. The molecule has 0 aliphatic rings. The van der Waals surface area contributed by atoms with Crippen molar-refractivity contribution in [2.24, 2.45) is 5.92 Å². The Morgan fingerprint density at radius 3 is 0.764 bits per heavy atom. The van der Waals surface area contributed by atoms with Crippen molar-refractivity contribution < 1.29 is 80.2 Å². The number of hydrogen-bond donors (Lipinski definition) is 3. The summed E-state index contributed by atoms with van der Waals surface area (Å²) < 4.78 is 68.1. The maximum Gasteiger partial charge on any atom is 0.472 e. The first-order valence-corrected chi connectivity index (χ1v) is 39.6. The molecule has 528 valence electrons. The van der Waals surface area contributed by atoms with E-state index in [-0.39, 0.29) is 25.7 Å². The molecule has 0 fully saturated rings. The third kappa shape index (κ3) is 64.6. The number of rotatable bonds is 70. The average molecular weight is 1310 g/mol. The highest BCUT2D eigenvalue weighted by Gasteiger charge is 2.30. The Bertz CT molecular complexity index is 1720. The third-order valence-corrected chi connectivity index (χ3v) is 18.2. The predicted molar refractivity (Wildman–Crippen MR) is 358 cm³/mol. The molecule has 0 aromatic carbocycles. The first-order valence-electron chi connectivity index (χ1n) is 36.6. The Hall–Kier alpha value is -1.94. The molecule has 17 nitrogen and oxygen atoms in total. The van der Waals surface area contributed by atoms with Crippen molar-refractivity contribution in [1.29, 1.82) is 0 Å². The van der Waals surface area contributed by atoms with E-state index in [1.54, 1.807) is 0 Å². The number of hydrogen-bond acceptors (Lipinski definition) is 15. The van der Waals surface area contributed by atoms with Gasteiger partial charge in [-0.2, -0.15) is 0 Å². The van der Waals surface area contributed by atoms with Crippen LogP contribution in [-0.2, 0) is 65.4 Å². The number of carbonyl (C=O) groups is 4. The molecule has 0 radical (unpaired) electrons. The maximum absolute atomic E-state index is 13.0. The molecule has 0 heterocycles. The Kier molecular flexibility index (Phi) is 62.1. The van der Waals surface area contributed by atoms with Crippen LogP contribution in [-0.4, -0.2) is 96.7 Å². The highest BCUT2D eigenvalue weighted by Crippen LogP contribution is 2.45. The summed E-state index contributed by atoms with van der Waals surface area (Å²) >= 11 is 0. The van der Waals surface area contributed by atoms with Crippen LogP contribution >= 0.6 is 15.6 Å². The molecule has 0 aromatic heterocycles. The van der Waals surface area contributed by atoms with Crippen LogP contribution < -0.4 is 0 Å². The summed E-state index contributed by atoms with van der Waals surface area (Å²) in [5, 5.41) is 10.6. The van der Waals surface area contributed by atoms with Gasteiger partial charge >= 0.3 is 39.5 Å². The normalized spacial score (nSPS) is 14.1. The highest BCUT2D eigenvalue weighted by molar-refractivity contribution is 7.47. The molecule has 89 heavy (non-hydrogen) atoms. The first kappa shape index (κ1) is 87.1. The molecule has 0 amide bonds. The van der Waals surface area contributed by atoms with Crippen molar-refractivity contribution in [1.82, 2.24) is 0 Å². The van der Waals surface area contributed by atoms with Gasteiger partial charge in [-0.15, -0.1) is 0 Å². The van der Waals surface area contributed by atoms with E-state index in [1.165, 1.54) is 180 Å². The summed E-state index contributed by atoms with van der Waals surface area (Å²) in [6.45, 7) is 7.12. The van der Waals surface area contributed by atoms with Crippen molar-refractivity contribution in [2.75, 3.05) is 39.6 Å². The van der Waals surface area contributed by atoms with Gasteiger partial charge in [-0.25, -0.2) is 9.13 Å². The fraction of sp³-hybridized carbons (Fsp3) is 0.943. The second-order valence-corrected chi connectivity index (χ2v) is 28.7. The molecule has 19 heteroatoms. The second-order valence-electron chi connectivity index (χ2n) is 25.7. The summed E-state index contributed by atoms with van der Waals surface area (Å²) in [7, 11) is -9.89. The van der Waals surface area contributed by atoms with Crippen molar-refractivity contribution in [3.63, 3.8) is 0 Å². The average Bonchev–Trinajstić information content (AvgIpc) is 3.71. The topological polar surface area (TPSA) is 237 Å². The lowest BCUT2D eigenvalue weighted by atomic mass is 10.0. The second kappa shape index (κ2) is 63.5. The van der Waals surface area contributed by atoms with Crippen LogP contribution in [0.3, 0.4) is 0 Å². The molecule has 0 spiro atoms. The van der Waals surface area contributed by atoms with Gasteiger partial charge in [0.2, 0.25) is 0 Å². The maximum atomic E-state index is 13.0. The van der Waals surface area contributed by atoms with Crippen molar-refractivity contribution in [3.05, 3.63) is 0 Å². The zero-order chi connectivity index (χ0) is 65.6. The molecule has 0 aliphatic heterocycles. The molecule has 0 bridgehead atoms. The Balaban J connectivity index is 5.14. The third-order valence-electron chi connectivity index (χ3n) is 16.3. The van der Waals surface area contributed by atoms with E-state index in [9.17, 15) is 43.2 Å². The molecule has 0 saturated carbocycles. The van der Waals surface area contributed by atoms with Crippen LogP contribution in [0.25, 0.3) is 0 Å². The molecule has 0 aromatic rings. The highest BCUT2D eigenvalue weighted by atomic mass is 31.2. The summed E-state index contributed by atoms with van der Waals surface area (Å²) in [6.07, 6.45) is 50.5. The molecule has 5 atom stereocenters. The van der Waals surface area contributed by atoms with E-state index < -0.39 is 97.5 Å². The minimum absolute atomic E-state index is 0.104. The van der Waals surface area contributed by atoms with E-state index in [0.29, 0.717) is 25.7 Å². The quantitative estimate of drug-likeness (QED) is 0.0222. The van der Waals surface area contributed by atoms with Crippen LogP contribution in [0.15, 0.2) is 0 Å². The van der Waals surface area contributed by atoms with E-state index in [4.69, 9.17) is 37.0 Å². The number of phosphoric acid groups is 2. The number of esters is 4. The summed E-state index contributed by atoms with van der Waals surface area (Å²) in [5.41, 5.74) is 0. The van der Waals surface area contributed by atoms with Gasteiger partial charge in [-0.3, -0.25) is 37.3 Å². The lowest BCUT2D eigenvalue weighted by Crippen LogP contribution is -2.30. The van der Waals surface area contributed by atoms with Crippen LogP contribution in [0.2, 0.25) is 0 Å². The SMILES string of the molecule is CCCCCCCCCCCCCCCCCCCCCC(=O)O[C@H](COC(=O)CCCCCCCCCCCCCCCC)COP(=O)(O)OC[C@@H](O)COP(=O)(O)OC[C@@H](COC(=O)CCCCCCC)OC(=O)CCCCCCCCCCC(C)C. The summed E-state index contributed by atoms with van der Waals surface area (Å²) in [5.74, 6) is -1.42. The van der Waals surface area contributed by atoms with Crippen LogP contribution in [0.4, 0.5) is 0 Å². The van der Waals surface area contributed by atoms with Crippen molar-refractivity contribution in [3.8, 4) is 0 Å². The lowest BCUT2D eigenvalue weighted by molar-refractivity contribution is -0.161.